The number of carbonyl (C=O) groups excluding carboxylic acids is 1. The normalized spacial score (nSPS) is 12.0. The number of hydrogen-bond donors (Lipinski definition) is 5. The molecule has 2 aromatic carbocycles. The summed E-state index contributed by atoms with van der Waals surface area (Å²) in [4.78, 5) is 15.2. The minimum Gasteiger partial charge on any atom is -0.497 e. The molecule has 0 spiro atoms. The minimum absolute atomic E-state index is 0.163. The molecule has 11 nitrogen and oxygen atoms in total. The molecule has 0 unspecified atom stereocenters. The van der Waals surface area contributed by atoms with Gasteiger partial charge >= 0.3 is 0 Å². The number of rotatable bonds is 10. The monoisotopic (exact) mass is 601 g/mol. The van der Waals surface area contributed by atoms with Crippen LogP contribution in [0.3, 0.4) is 0 Å². The number of fused-ring (bicyclic) bond motifs is 1. The first-order valence-corrected chi connectivity index (χ1v) is 14.2. The Balaban J connectivity index is 0.000000262. The summed E-state index contributed by atoms with van der Waals surface area (Å²) >= 11 is 0. The van der Waals surface area contributed by atoms with Gasteiger partial charge in [-0.25, -0.2) is 9.50 Å². The number of nitrogens with two attached hydrogens (primary N) is 2. The average Bonchev–Trinajstić information content (AvgIpc) is 3.76. The average molecular weight is 602 g/mol. The van der Waals surface area contributed by atoms with Gasteiger partial charge in [-0.2, -0.15) is 5.10 Å². The van der Waals surface area contributed by atoms with Crippen molar-refractivity contribution < 1.29 is 19.4 Å². The van der Waals surface area contributed by atoms with Gasteiger partial charge in [0.1, 0.15) is 35.8 Å². The van der Waals surface area contributed by atoms with E-state index in [1.54, 1.807) is 37.7 Å². The fraction of sp³-hybridized carbons (Fsp3) is 0.242. The Kier molecular flexibility index (Phi) is 15.2. The van der Waals surface area contributed by atoms with Crippen LogP contribution in [0, 0.1) is 0 Å². The van der Waals surface area contributed by atoms with Crippen molar-refractivity contribution in [1.29, 1.82) is 0 Å². The highest BCUT2D eigenvalue weighted by Crippen LogP contribution is 2.29. The van der Waals surface area contributed by atoms with Crippen molar-refractivity contribution in [1.82, 2.24) is 19.9 Å². The smallest absolute Gasteiger partial charge is 0.152 e. The van der Waals surface area contributed by atoms with Crippen LogP contribution in [-0.2, 0) is 0 Å². The zero-order valence-electron chi connectivity index (χ0n) is 25.7. The summed E-state index contributed by atoms with van der Waals surface area (Å²) in [6, 6.07) is 15.9. The van der Waals surface area contributed by atoms with Crippen LogP contribution in [0.1, 0.15) is 42.6 Å². The number of nitrogen functional groups attached to an aromatic ring is 1. The maximum Gasteiger partial charge on any atom is 0.152 e. The summed E-state index contributed by atoms with van der Waals surface area (Å²) in [5.41, 5.74) is 14.4. The number of aliphatic hydroxyl groups excluding tert-OH is 1. The summed E-state index contributed by atoms with van der Waals surface area (Å²) in [5, 5.41) is 18.4. The maximum absolute atomic E-state index is 11.3. The third kappa shape index (κ3) is 10.9. The molecule has 2 heterocycles. The number of ether oxygens (including phenoxy) is 2. The molecule has 234 valence electrons. The first kappa shape index (κ1) is 35.1. The van der Waals surface area contributed by atoms with Gasteiger partial charge in [0.25, 0.3) is 0 Å². The second kappa shape index (κ2) is 19.1. The molecule has 2 aromatic heterocycles. The molecular weight excluding hydrogens is 558 g/mol. The zero-order chi connectivity index (χ0) is 32.3. The van der Waals surface area contributed by atoms with Gasteiger partial charge in [0.05, 0.1) is 7.11 Å². The molecule has 0 bridgehead atoms. The van der Waals surface area contributed by atoms with E-state index in [9.17, 15) is 4.79 Å². The highest BCUT2D eigenvalue weighted by Gasteiger charge is 2.16. The van der Waals surface area contributed by atoms with Crippen LogP contribution in [0.4, 0.5) is 11.5 Å². The quantitative estimate of drug-likeness (QED) is 0.0903. The molecule has 0 radical (unpaired) electrons. The summed E-state index contributed by atoms with van der Waals surface area (Å²) in [7, 11) is 3.52. The van der Waals surface area contributed by atoms with Crippen LogP contribution in [0.5, 0.6) is 17.2 Å². The largest absolute Gasteiger partial charge is 0.497 e. The molecule has 11 heteroatoms. The van der Waals surface area contributed by atoms with E-state index in [-0.39, 0.29) is 12.5 Å². The Labute approximate surface area is 258 Å². The standard InChI is InChI=1S/C14H15N5O2.C14H15NO2.C3H7N.C2H6/c1-2-10(4-3-5-16-9-21)12-11(7-20)6-19-13(12)14(15)17-8-18-19;1-15-11-5-3-7-13(9-11)17-14-8-4-6-12(10-14)16-2;4-3-1-2-3;1-2/h2-8,16,21H,1,9H2,(H2,15,17,18);3-10,15H,1-2H3;3H,1-2,4H2;1-2H3/b5-3+,10-4+;;;. The van der Waals surface area contributed by atoms with Gasteiger partial charge in [0.2, 0.25) is 0 Å². The van der Waals surface area contributed by atoms with E-state index < -0.39 is 0 Å². The SMILES string of the molecule is C=C/C(=C\C=C\NCO)c1c(C=O)cn2ncnc(N)c12.CC.CNc1cccc(Oc2cccc(OC)c2)c1.NC1CC1. The maximum atomic E-state index is 11.3. The number of allylic oxidation sites excluding steroid dienone is 4. The van der Waals surface area contributed by atoms with E-state index in [1.165, 1.54) is 23.7 Å². The molecule has 1 saturated carbocycles. The summed E-state index contributed by atoms with van der Waals surface area (Å²) in [6.45, 7) is 7.59. The topological polar surface area (TPSA) is 162 Å². The Bertz CT molecular complexity index is 1480. The fourth-order valence-corrected chi connectivity index (χ4v) is 3.58. The molecule has 1 aliphatic carbocycles. The predicted molar refractivity (Wildman–Crippen MR) is 178 cm³/mol. The number of carbonyl (C=O) groups is 1. The summed E-state index contributed by atoms with van der Waals surface area (Å²) in [6.07, 6.45) is 12.8. The zero-order valence-corrected chi connectivity index (χ0v) is 25.7. The molecule has 5 rings (SSSR count). The Morgan fingerprint density at radius 1 is 1.16 bits per heavy atom. The van der Waals surface area contributed by atoms with E-state index in [2.05, 4.69) is 27.3 Å². The van der Waals surface area contributed by atoms with Crippen LogP contribution in [0.2, 0.25) is 0 Å². The lowest BCUT2D eigenvalue weighted by Gasteiger charge is -2.08. The van der Waals surface area contributed by atoms with Crippen molar-refractivity contribution in [3.8, 4) is 17.2 Å². The molecule has 0 atom stereocenters. The molecule has 0 amide bonds. The van der Waals surface area contributed by atoms with Gasteiger partial charge in [0, 0.05) is 48.2 Å². The van der Waals surface area contributed by atoms with Crippen LogP contribution < -0.4 is 31.6 Å². The van der Waals surface area contributed by atoms with Gasteiger partial charge < -0.3 is 36.7 Å². The van der Waals surface area contributed by atoms with Gasteiger partial charge in [-0.1, -0.05) is 44.7 Å². The lowest BCUT2D eigenvalue weighted by Crippen LogP contribution is -2.04. The third-order valence-electron chi connectivity index (χ3n) is 5.87. The number of aldehydes is 1. The first-order valence-electron chi connectivity index (χ1n) is 14.2. The predicted octanol–water partition coefficient (Wildman–Crippen LogP) is 5.41. The molecule has 0 aliphatic heterocycles. The summed E-state index contributed by atoms with van der Waals surface area (Å²) in [5.74, 6) is 2.62. The summed E-state index contributed by atoms with van der Waals surface area (Å²) < 4.78 is 12.4. The minimum atomic E-state index is -0.163. The van der Waals surface area contributed by atoms with Gasteiger partial charge in [-0.05, 0) is 55.0 Å². The highest BCUT2D eigenvalue weighted by atomic mass is 16.5. The lowest BCUT2D eigenvalue weighted by atomic mass is 10.0. The van der Waals surface area contributed by atoms with Gasteiger partial charge in [-0.15, -0.1) is 0 Å². The van der Waals surface area contributed by atoms with Crippen molar-refractivity contribution >= 4 is 28.9 Å². The molecule has 44 heavy (non-hydrogen) atoms. The lowest BCUT2D eigenvalue weighted by molar-refractivity contribution is 0.112. The number of nitrogens with zero attached hydrogens (tertiary/aromatic N) is 3. The van der Waals surface area contributed by atoms with Crippen LogP contribution >= 0.6 is 0 Å². The highest BCUT2D eigenvalue weighted by molar-refractivity contribution is 5.98. The number of aromatic nitrogens is 3. The second-order valence-corrected chi connectivity index (χ2v) is 8.96. The third-order valence-corrected chi connectivity index (χ3v) is 5.87. The van der Waals surface area contributed by atoms with E-state index in [0.717, 1.165) is 29.2 Å². The molecular formula is C33H43N7O4. The number of aliphatic hydroxyl groups is 1. The van der Waals surface area contributed by atoms with Gasteiger partial charge in [0.15, 0.2) is 12.1 Å². The van der Waals surface area contributed by atoms with Crippen LogP contribution in [0.25, 0.3) is 11.1 Å². The van der Waals surface area contributed by atoms with Crippen molar-refractivity contribution in [3.63, 3.8) is 0 Å². The van der Waals surface area contributed by atoms with E-state index in [1.807, 2.05) is 69.4 Å². The molecule has 4 aromatic rings. The Hall–Kier alpha value is -5.13. The molecule has 7 N–H and O–H groups in total. The van der Waals surface area contributed by atoms with E-state index >= 15 is 0 Å². The second-order valence-electron chi connectivity index (χ2n) is 8.96. The Morgan fingerprint density at radius 3 is 2.41 bits per heavy atom. The number of benzene rings is 2. The fourth-order valence-electron chi connectivity index (χ4n) is 3.58. The van der Waals surface area contributed by atoms with Crippen molar-refractivity contribution in [3.05, 3.63) is 103 Å². The number of nitrogens with one attached hydrogen (secondary N) is 2. The van der Waals surface area contributed by atoms with Crippen molar-refractivity contribution in [2.24, 2.45) is 5.73 Å². The van der Waals surface area contributed by atoms with Crippen molar-refractivity contribution in [2.45, 2.75) is 32.7 Å². The van der Waals surface area contributed by atoms with Crippen LogP contribution in [-0.4, -0.2) is 52.9 Å². The van der Waals surface area contributed by atoms with Crippen molar-refractivity contribution in [2.75, 3.05) is 31.9 Å². The van der Waals surface area contributed by atoms with Gasteiger partial charge in [-0.3, -0.25) is 4.79 Å². The number of hydrogen-bond acceptors (Lipinski definition) is 10. The Morgan fingerprint density at radius 2 is 1.82 bits per heavy atom. The molecule has 1 fully saturated rings. The number of methoxy groups -OCH3 is 1. The first-order chi connectivity index (χ1) is 21.4. The molecule has 0 saturated heterocycles. The van der Waals surface area contributed by atoms with Crippen LogP contribution in [0.15, 0.2) is 92.1 Å². The number of anilines is 2. The van der Waals surface area contributed by atoms with E-state index in [4.69, 9.17) is 26.0 Å². The van der Waals surface area contributed by atoms with E-state index in [0.29, 0.717) is 28.3 Å². The molecule has 1 aliphatic rings.